The van der Waals surface area contributed by atoms with Crippen LogP contribution in [-0.4, -0.2) is 59.2 Å². The van der Waals surface area contributed by atoms with Gasteiger partial charge in [-0.3, -0.25) is 0 Å². The van der Waals surface area contributed by atoms with Crippen molar-refractivity contribution >= 4 is 5.96 Å². The number of hydrogen-bond acceptors (Lipinski definition) is 5. The van der Waals surface area contributed by atoms with Gasteiger partial charge in [-0.05, 0) is 50.3 Å². The second-order valence-corrected chi connectivity index (χ2v) is 6.96. The van der Waals surface area contributed by atoms with Crippen molar-refractivity contribution in [1.82, 2.24) is 10.6 Å². The number of nitrogens with one attached hydrogen (secondary N) is 2. The van der Waals surface area contributed by atoms with Gasteiger partial charge in [0, 0.05) is 45.1 Å². The Hall–Kier alpha value is -2.13. The van der Waals surface area contributed by atoms with Crippen molar-refractivity contribution in [3.05, 3.63) is 23.8 Å². The maximum absolute atomic E-state index is 12.7. The number of nitrogens with zero attached hydrogens (tertiary/aromatic N) is 1. The van der Waals surface area contributed by atoms with Crippen LogP contribution in [0.25, 0.3) is 0 Å². The fourth-order valence-electron chi connectivity index (χ4n) is 3.07. The predicted octanol–water partition coefficient (Wildman–Crippen LogP) is 3.19. The molecular weight excluding hydrogens is 396 g/mol. The highest BCUT2D eigenvalue weighted by Crippen LogP contribution is 2.26. The Morgan fingerprint density at radius 2 is 2.07 bits per heavy atom. The third-order valence-electron chi connectivity index (χ3n) is 4.69. The lowest BCUT2D eigenvalue weighted by Gasteiger charge is -2.21. The molecule has 1 fully saturated rings. The van der Waals surface area contributed by atoms with E-state index in [4.69, 9.17) is 14.2 Å². The Labute approximate surface area is 177 Å². The van der Waals surface area contributed by atoms with Crippen molar-refractivity contribution in [1.29, 1.82) is 0 Å². The van der Waals surface area contributed by atoms with Crippen LogP contribution in [-0.2, 0) is 16.0 Å². The number of halogens is 2. The van der Waals surface area contributed by atoms with Gasteiger partial charge in [0.15, 0.2) is 5.96 Å². The third kappa shape index (κ3) is 9.13. The smallest absolute Gasteiger partial charge is 0.387 e. The zero-order valence-corrected chi connectivity index (χ0v) is 17.8. The fraction of sp³-hybridized carbons (Fsp3) is 0.667. The van der Waals surface area contributed by atoms with Crippen LogP contribution in [0.2, 0.25) is 0 Å². The van der Waals surface area contributed by atoms with Crippen molar-refractivity contribution in [2.24, 2.45) is 10.9 Å². The molecule has 1 heterocycles. The van der Waals surface area contributed by atoms with Crippen molar-refractivity contribution in [2.45, 2.75) is 39.3 Å². The van der Waals surface area contributed by atoms with Crippen LogP contribution >= 0.6 is 0 Å². The molecule has 7 nitrogen and oxygen atoms in total. The zero-order chi connectivity index (χ0) is 21.6. The van der Waals surface area contributed by atoms with Gasteiger partial charge in [-0.15, -0.1) is 0 Å². The summed E-state index contributed by atoms with van der Waals surface area (Å²) in [5.74, 6) is 1.85. The topological polar surface area (TPSA) is 73.3 Å². The van der Waals surface area contributed by atoms with Gasteiger partial charge in [0.25, 0.3) is 0 Å². The summed E-state index contributed by atoms with van der Waals surface area (Å²) in [4.78, 5) is 4.48. The lowest BCUT2D eigenvalue weighted by molar-refractivity contribution is -0.0504. The first kappa shape index (κ1) is 24.1. The summed E-state index contributed by atoms with van der Waals surface area (Å²) < 4.78 is 46.2. The summed E-state index contributed by atoms with van der Waals surface area (Å²) in [6.07, 6.45) is 2.97. The lowest BCUT2D eigenvalue weighted by atomic mass is 10.0. The van der Waals surface area contributed by atoms with Gasteiger partial charge in [-0.25, -0.2) is 4.99 Å². The van der Waals surface area contributed by atoms with Crippen molar-refractivity contribution < 1.29 is 27.7 Å². The molecule has 0 atom stereocenters. The third-order valence-corrected chi connectivity index (χ3v) is 4.69. The van der Waals surface area contributed by atoms with E-state index >= 15 is 0 Å². The van der Waals surface area contributed by atoms with Gasteiger partial charge in [0.05, 0.1) is 13.7 Å². The zero-order valence-electron chi connectivity index (χ0n) is 17.8. The Kier molecular flexibility index (Phi) is 11.2. The van der Waals surface area contributed by atoms with E-state index in [1.807, 2.05) is 6.92 Å². The molecule has 1 saturated heterocycles. The Morgan fingerprint density at radius 1 is 1.27 bits per heavy atom. The van der Waals surface area contributed by atoms with Crippen LogP contribution in [0.4, 0.5) is 8.78 Å². The van der Waals surface area contributed by atoms with E-state index in [9.17, 15) is 8.78 Å². The van der Waals surface area contributed by atoms with Crippen LogP contribution in [0.1, 0.15) is 31.7 Å². The molecule has 0 saturated carbocycles. The lowest BCUT2D eigenvalue weighted by Crippen LogP contribution is -2.38. The van der Waals surface area contributed by atoms with Crippen LogP contribution in [0, 0.1) is 5.92 Å². The highest BCUT2D eigenvalue weighted by Gasteiger charge is 2.13. The highest BCUT2D eigenvalue weighted by molar-refractivity contribution is 5.79. The number of hydrogen-bond donors (Lipinski definition) is 2. The van der Waals surface area contributed by atoms with Gasteiger partial charge >= 0.3 is 6.61 Å². The van der Waals surface area contributed by atoms with Crippen LogP contribution < -0.4 is 20.1 Å². The molecule has 30 heavy (non-hydrogen) atoms. The minimum absolute atomic E-state index is 0.0897. The Bertz CT molecular complexity index is 641. The Balaban J connectivity index is 1.80. The largest absolute Gasteiger partial charge is 0.497 e. The van der Waals surface area contributed by atoms with Crippen molar-refractivity contribution in [3.8, 4) is 11.5 Å². The standard InChI is InChI=1S/C21H33F2N3O4/c1-3-24-21(25-9-4-10-29-15-16-7-11-28-12-8-16)26-14-17-13-18(27-2)5-6-19(17)30-20(22)23/h5-6,13,16,20H,3-4,7-12,14-15H2,1-2H3,(H2,24,25,26). The number of rotatable bonds is 12. The molecule has 9 heteroatoms. The molecule has 1 aromatic carbocycles. The van der Waals surface area contributed by atoms with Gasteiger partial charge < -0.3 is 29.6 Å². The van der Waals surface area contributed by atoms with Gasteiger partial charge in [0.2, 0.25) is 0 Å². The van der Waals surface area contributed by atoms with E-state index in [1.54, 1.807) is 12.1 Å². The summed E-state index contributed by atoms with van der Waals surface area (Å²) in [6, 6.07) is 4.69. The maximum Gasteiger partial charge on any atom is 0.387 e. The quantitative estimate of drug-likeness (QED) is 0.302. The molecule has 0 radical (unpaired) electrons. The summed E-state index contributed by atoms with van der Waals surface area (Å²) in [6.45, 7) is 3.73. The molecule has 1 aliphatic heterocycles. The average Bonchev–Trinajstić information content (AvgIpc) is 2.75. The molecule has 0 aliphatic carbocycles. The minimum atomic E-state index is -2.89. The Morgan fingerprint density at radius 3 is 2.77 bits per heavy atom. The van der Waals surface area contributed by atoms with E-state index in [0.29, 0.717) is 42.9 Å². The molecule has 0 spiro atoms. The number of ether oxygens (including phenoxy) is 4. The summed E-state index contributed by atoms with van der Waals surface area (Å²) in [5, 5.41) is 6.39. The van der Waals surface area contributed by atoms with Crippen molar-refractivity contribution in [3.63, 3.8) is 0 Å². The monoisotopic (exact) mass is 429 g/mol. The molecule has 0 bridgehead atoms. The van der Waals surface area contributed by atoms with E-state index in [-0.39, 0.29) is 12.3 Å². The van der Waals surface area contributed by atoms with Crippen LogP contribution in [0.5, 0.6) is 11.5 Å². The SMILES string of the molecule is CCNC(=NCc1cc(OC)ccc1OC(F)F)NCCCOCC1CCOCC1. The summed E-state index contributed by atoms with van der Waals surface area (Å²) in [7, 11) is 1.52. The second kappa shape index (κ2) is 14.0. The van der Waals surface area contributed by atoms with Crippen LogP contribution in [0.15, 0.2) is 23.2 Å². The first-order valence-corrected chi connectivity index (χ1v) is 10.4. The molecule has 1 aromatic rings. The first-order chi connectivity index (χ1) is 14.6. The number of alkyl halides is 2. The number of guanidine groups is 1. The number of benzene rings is 1. The maximum atomic E-state index is 12.7. The molecule has 2 N–H and O–H groups in total. The van der Waals surface area contributed by atoms with Gasteiger partial charge in [-0.1, -0.05) is 0 Å². The minimum Gasteiger partial charge on any atom is -0.497 e. The van der Waals surface area contributed by atoms with Crippen LogP contribution in [0.3, 0.4) is 0 Å². The fourth-order valence-corrected chi connectivity index (χ4v) is 3.07. The second-order valence-electron chi connectivity index (χ2n) is 6.96. The molecule has 0 unspecified atom stereocenters. The van der Waals surface area contributed by atoms with E-state index in [0.717, 1.165) is 39.1 Å². The molecule has 1 aliphatic rings. The molecule has 0 amide bonds. The summed E-state index contributed by atoms with van der Waals surface area (Å²) >= 11 is 0. The molecule has 2 rings (SSSR count). The van der Waals surface area contributed by atoms with E-state index in [2.05, 4.69) is 20.4 Å². The molecule has 0 aromatic heterocycles. The predicted molar refractivity (Wildman–Crippen MR) is 111 cm³/mol. The molecular formula is C21H33F2N3O4. The normalized spacial score (nSPS) is 15.3. The van der Waals surface area contributed by atoms with E-state index < -0.39 is 6.61 Å². The summed E-state index contributed by atoms with van der Waals surface area (Å²) in [5.41, 5.74) is 0.520. The first-order valence-electron chi connectivity index (χ1n) is 10.4. The van der Waals surface area contributed by atoms with Crippen molar-refractivity contribution in [2.75, 3.05) is 46.6 Å². The van der Waals surface area contributed by atoms with Gasteiger partial charge in [0.1, 0.15) is 11.5 Å². The van der Waals surface area contributed by atoms with E-state index in [1.165, 1.54) is 13.2 Å². The van der Waals surface area contributed by atoms with Gasteiger partial charge in [-0.2, -0.15) is 8.78 Å². The highest BCUT2D eigenvalue weighted by atomic mass is 19.3. The average molecular weight is 430 g/mol. The number of aliphatic imine (C=N–C) groups is 1. The number of methoxy groups -OCH3 is 1. The molecule has 170 valence electrons.